The van der Waals surface area contributed by atoms with E-state index >= 15 is 0 Å². The summed E-state index contributed by atoms with van der Waals surface area (Å²) >= 11 is 0. The number of carbonyl (C=O) groups excluding carboxylic acids is 3. The van der Waals surface area contributed by atoms with Crippen molar-refractivity contribution < 1.29 is 37.8 Å². The average molecular weight is 706 g/mol. The van der Waals surface area contributed by atoms with Crippen LogP contribution in [0.2, 0.25) is 0 Å². The van der Waals surface area contributed by atoms with E-state index in [1.807, 2.05) is 27.7 Å². The summed E-state index contributed by atoms with van der Waals surface area (Å²) in [4.78, 5) is 38.5. The van der Waals surface area contributed by atoms with E-state index in [2.05, 4.69) is 25.5 Å². The molecule has 49 heavy (non-hydrogen) atoms. The second-order valence-corrected chi connectivity index (χ2v) is 20.4. The van der Waals surface area contributed by atoms with Crippen molar-refractivity contribution in [2.24, 2.45) is 69.0 Å². The van der Waals surface area contributed by atoms with Gasteiger partial charge in [-0.25, -0.2) is 8.42 Å². The predicted molar refractivity (Wildman–Crippen MR) is 186 cm³/mol. The van der Waals surface area contributed by atoms with E-state index in [9.17, 15) is 33.0 Å². The van der Waals surface area contributed by atoms with Crippen LogP contribution in [0.15, 0.2) is 0 Å². The highest BCUT2D eigenvalue weighted by atomic mass is 32.2. The Morgan fingerprint density at radius 3 is 2.31 bits per heavy atom. The van der Waals surface area contributed by atoms with Crippen LogP contribution in [0.3, 0.4) is 0 Å². The van der Waals surface area contributed by atoms with E-state index in [4.69, 9.17) is 4.74 Å². The molecule has 6 fully saturated rings. The van der Waals surface area contributed by atoms with Crippen molar-refractivity contribution in [3.05, 3.63) is 0 Å². The number of fused-ring (bicyclic) bond motifs is 7. The highest BCUT2D eigenvalue weighted by Gasteiger charge is 2.67. The first-order valence-corrected chi connectivity index (χ1v) is 21.1. The summed E-state index contributed by atoms with van der Waals surface area (Å²) in [6, 6.07) is 0. The lowest BCUT2D eigenvalue weighted by atomic mass is 9.43. The van der Waals surface area contributed by atoms with Crippen molar-refractivity contribution in [3.8, 4) is 0 Å². The van der Waals surface area contributed by atoms with Crippen LogP contribution >= 0.6 is 0 Å². The molecule has 0 saturated heterocycles. The Hall–Kier alpha value is -1.52. The molecule has 1 amide bonds. The molecule has 0 spiro atoms. The lowest BCUT2D eigenvalue weighted by Crippen LogP contribution is -2.62. The number of amides is 1. The lowest BCUT2D eigenvalue weighted by Gasteiger charge is -2.63. The number of ether oxygens (including phenoxy) is 1. The minimum absolute atomic E-state index is 0.0142. The number of aliphatic hydroxyl groups excluding tert-OH is 2. The maximum atomic E-state index is 13.2. The fourth-order valence-corrected chi connectivity index (χ4v) is 14.8. The molecule has 0 aromatic rings. The molecule has 6 rings (SSSR count). The molecule has 6 aliphatic rings. The lowest BCUT2D eigenvalue weighted by molar-refractivity contribution is -0.210. The molecule has 9 nitrogen and oxygen atoms in total. The van der Waals surface area contributed by atoms with Crippen molar-refractivity contribution in [1.29, 1.82) is 0 Å². The SMILES string of the molecule is CCC(C)C(=O)O[C@H]1CC[C@@]2(C)C(C1)C[C@@H](O)C1C2C[C@H](O)[C@]2(C)C(C(C)CCC(=O)NS(=O)(=O)CC34CCC(CC3=O)C4(C)C)CCC12. The molecule has 3 N–H and O–H groups in total. The zero-order valence-electron chi connectivity index (χ0n) is 31.0. The zero-order valence-corrected chi connectivity index (χ0v) is 31.8. The topological polar surface area (TPSA) is 147 Å². The monoisotopic (exact) mass is 705 g/mol. The summed E-state index contributed by atoms with van der Waals surface area (Å²) in [6.45, 7) is 14.5. The van der Waals surface area contributed by atoms with Crippen LogP contribution in [0.4, 0.5) is 0 Å². The zero-order chi connectivity index (χ0) is 35.9. The third-order valence-electron chi connectivity index (χ3n) is 16.5. The van der Waals surface area contributed by atoms with E-state index in [1.54, 1.807) is 0 Å². The summed E-state index contributed by atoms with van der Waals surface area (Å²) in [5.74, 6) is 0.0384. The van der Waals surface area contributed by atoms with Crippen LogP contribution in [0.1, 0.15) is 132 Å². The van der Waals surface area contributed by atoms with E-state index in [1.165, 1.54) is 0 Å². The largest absolute Gasteiger partial charge is 0.462 e. The fraction of sp³-hybridized carbons (Fsp3) is 0.923. The number of sulfonamides is 1. The highest BCUT2D eigenvalue weighted by molar-refractivity contribution is 7.90. The first-order chi connectivity index (χ1) is 22.8. The molecule has 14 atom stereocenters. The molecule has 6 aliphatic carbocycles. The van der Waals surface area contributed by atoms with E-state index in [0.29, 0.717) is 32.1 Å². The van der Waals surface area contributed by atoms with Crippen molar-refractivity contribution >= 4 is 27.7 Å². The first-order valence-electron chi connectivity index (χ1n) is 19.4. The molecular weight excluding hydrogens is 642 g/mol. The summed E-state index contributed by atoms with van der Waals surface area (Å²) < 4.78 is 34.7. The second-order valence-electron chi connectivity index (χ2n) is 18.7. The number of esters is 1. The number of hydrogen-bond acceptors (Lipinski definition) is 8. The fourth-order valence-electron chi connectivity index (χ4n) is 12.9. The molecule has 278 valence electrons. The van der Waals surface area contributed by atoms with Gasteiger partial charge in [-0.3, -0.25) is 19.1 Å². The molecule has 0 aromatic carbocycles. The highest BCUT2D eigenvalue weighted by Crippen LogP contribution is 2.69. The summed E-state index contributed by atoms with van der Waals surface area (Å²) in [7, 11) is -3.98. The van der Waals surface area contributed by atoms with Crippen molar-refractivity contribution in [2.45, 2.75) is 150 Å². The predicted octanol–water partition coefficient (Wildman–Crippen LogP) is 5.80. The van der Waals surface area contributed by atoms with E-state index in [0.717, 1.165) is 44.9 Å². The Balaban J connectivity index is 1.08. The van der Waals surface area contributed by atoms with Crippen LogP contribution in [0.5, 0.6) is 0 Å². The molecule has 9 unspecified atom stereocenters. The third-order valence-corrected chi connectivity index (χ3v) is 17.9. The van der Waals surface area contributed by atoms with Gasteiger partial charge in [-0.15, -0.1) is 0 Å². The van der Waals surface area contributed by atoms with Gasteiger partial charge in [-0.2, -0.15) is 0 Å². The number of rotatable bonds is 10. The minimum atomic E-state index is -3.98. The average Bonchev–Trinajstić information content (AvgIpc) is 3.56. The third kappa shape index (κ3) is 5.93. The number of carbonyl (C=O) groups is 3. The second kappa shape index (κ2) is 12.9. The van der Waals surface area contributed by atoms with Crippen LogP contribution in [-0.4, -0.2) is 60.4 Å². The van der Waals surface area contributed by atoms with E-state index < -0.39 is 44.4 Å². The van der Waals surface area contributed by atoms with Gasteiger partial charge in [0.15, 0.2) is 0 Å². The smallest absolute Gasteiger partial charge is 0.308 e. The molecule has 10 heteroatoms. The molecule has 0 aliphatic heterocycles. The number of ketones is 1. The number of nitrogens with one attached hydrogen (secondary N) is 1. The maximum absolute atomic E-state index is 13.2. The van der Waals surface area contributed by atoms with Gasteiger partial charge in [-0.1, -0.05) is 48.5 Å². The number of aliphatic hydroxyl groups is 2. The minimum Gasteiger partial charge on any atom is -0.462 e. The summed E-state index contributed by atoms with van der Waals surface area (Å²) in [5, 5.41) is 23.8. The van der Waals surface area contributed by atoms with Gasteiger partial charge < -0.3 is 14.9 Å². The summed E-state index contributed by atoms with van der Waals surface area (Å²) in [6.07, 6.45) is 7.71. The molecule has 6 saturated carbocycles. The van der Waals surface area contributed by atoms with Gasteiger partial charge in [0.25, 0.3) is 0 Å². The Morgan fingerprint density at radius 1 is 0.959 bits per heavy atom. The molecule has 0 heterocycles. The Bertz CT molecular complexity index is 1430. The Morgan fingerprint density at radius 2 is 1.67 bits per heavy atom. The normalized spacial score (nSPS) is 45.2. The van der Waals surface area contributed by atoms with Crippen molar-refractivity contribution in [3.63, 3.8) is 0 Å². The van der Waals surface area contributed by atoms with Gasteiger partial charge >= 0.3 is 5.97 Å². The number of hydrogen-bond donors (Lipinski definition) is 3. The van der Waals surface area contributed by atoms with Crippen LogP contribution < -0.4 is 4.72 Å². The standard InChI is InChI=1S/C39H63NO8S/c1-8-22(2)35(45)48-26-14-15-37(6)25(17-26)18-30(41)34-28-11-10-27(38(28,7)31(42)20-29(34)37)23(3)9-12-33(44)40-49(46,47)21-39-16-13-24(19-32(39)43)36(39,4)5/h22-31,34,41-42H,8-21H2,1-7H3,(H,40,44)/t22?,23?,24?,25?,26-,27?,28?,29?,30+,31-,34?,37-,38+,39?/m0/s1. The van der Waals surface area contributed by atoms with E-state index in [-0.39, 0.29) is 82.8 Å². The Kier molecular flexibility index (Phi) is 9.77. The molecule has 0 radical (unpaired) electrons. The molecular formula is C39H63NO8S. The molecule has 0 aromatic heterocycles. The van der Waals surface area contributed by atoms with Gasteiger partial charge in [0.1, 0.15) is 11.9 Å². The van der Waals surface area contributed by atoms with Crippen molar-refractivity contribution in [2.75, 3.05) is 5.75 Å². The Labute approximate surface area is 294 Å². The van der Waals surface area contributed by atoms with Crippen LogP contribution in [-0.2, 0) is 29.1 Å². The number of Topliss-reactive ketones (excluding diaryl/α,β-unsaturated/α-hetero) is 1. The first kappa shape index (κ1) is 37.2. The van der Waals surface area contributed by atoms with Crippen LogP contribution in [0.25, 0.3) is 0 Å². The molecule has 2 bridgehead atoms. The summed E-state index contributed by atoms with van der Waals surface area (Å²) in [5.41, 5.74) is -1.74. The van der Waals surface area contributed by atoms with Gasteiger partial charge in [0.2, 0.25) is 15.9 Å². The van der Waals surface area contributed by atoms with Crippen LogP contribution in [0, 0.1) is 69.0 Å². The van der Waals surface area contributed by atoms with Gasteiger partial charge in [-0.05, 0) is 128 Å². The van der Waals surface area contributed by atoms with Gasteiger partial charge in [0, 0.05) is 12.8 Å². The van der Waals surface area contributed by atoms with Gasteiger partial charge in [0.05, 0.1) is 29.3 Å². The maximum Gasteiger partial charge on any atom is 0.308 e. The van der Waals surface area contributed by atoms with Crippen molar-refractivity contribution in [1.82, 2.24) is 4.72 Å². The quantitative estimate of drug-likeness (QED) is 0.242.